The molecule has 0 spiro atoms. The molecule has 0 saturated carbocycles. The SMILES string of the molecule is CC(C)(F)CSC(=N)N. The number of halogens is 1. The Morgan fingerprint density at radius 1 is 1.78 bits per heavy atom. The van der Waals surface area contributed by atoms with Gasteiger partial charge in [0, 0.05) is 5.75 Å². The summed E-state index contributed by atoms with van der Waals surface area (Å²) in [5, 5.41) is 6.72. The number of hydrogen-bond donors (Lipinski definition) is 2. The fraction of sp³-hybridized carbons (Fsp3) is 0.800. The van der Waals surface area contributed by atoms with Crippen molar-refractivity contribution in [3.63, 3.8) is 0 Å². The van der Waals surface area contributed by atoms with Gasteiger partial charge in [-0.1, -0.05) is 11.8 Å². The second-order valence-electron chi connectivity index (χ2n) is 2.37. The van der Waals surface area contributed by atoms with Crippen LogP contribution in [-0.2, 0) is 0 Å². The van der Waals surface area contributed by atoms with Gasteiger partial charge in [0.1, 0.15) is 5.67 Å². The molecule has 0 heterocycles. The van der Waals surface area contributed by atoms with Gasteiger partial charge in [0.15, 0.2) is 5.17 Å². The second kappa shape index (κ2) is 3.06. The fourth-order valence-electron chi connectivity index (χ4n) is 0.249. The zero-order valence-corrected chi connectivity index (χ0v) is 6.39. The molecule has 0 aromatic rings. The molecule has 4 heteroatoms. The van der Waals surface area contributed by atoms with Crippen LogP contribution in [0.2, 0.25) is 0 Å². The number of alkyl halides is 1. The van der Waals surface area contributed by atoms with Crippen LogP contribution in [0.3, 0.4) is 0 Å². The van der Waals surface area contributed by atoms with E-state index in [1.54, 1.807) is 0 Å². The van der Waals surface area contributed by atoms with Gasteiger partial charge in [-0.25, -0.2) is 4.39 Å². The van der Waals surface area contributed by atoms with Crippen molar-refractivity contribution in [1.29, 1.82) is 5.41 Å². The van der Waals surface area contributed by atoms with Crippen molar-refractivity contribution in [1.82, 2.24) is 0 Å². The number of nitrogens with two attached hydrogens (primary N) is 1. The molecule has 0 aliphatic heterocycles. The van der Waals surface area contributed by atoms with Crippen LogP contribution in [0.15, 0.2) is 0 Å². The first kappa shape index (κ1) is 8.75. The lowest BCUT2D eigenvalue weighted by Crippen LogP contribution is -2.18. The first-order valence-corrected chi connectivity index (χ1v) is 3.56. The van der Waals surface area contributed by atoms with Crippen molar-refractivity contribution >= 4 is 16.9 Å². The summed E-state index contributed by atoms with van der Waals surface area (Å²) in [4.78, 5) is 0. The molecule has 0 rings (SSSR count). The molecule has 0 saturated heterocycles. The molecule has 54 valence electrons. The van der Waals surface area contributed by atoms with E-state index in [1.165, 1.54) is 13.8 Å². The maximum atomic E-state index is 12.6. The molecule has 2 nitrogen and oxygen atoms in total. The van der Waals surface area contributed by atoms with Gasteiger partial charge in [-0.2, -0.15) is 0 Å². The summed E-state index contributed by atoms with van der Waals surface area (Å²) < 4.78 is 12.6. The highest BCUT2D eigenvalue weighted by molar-refractivity contribution is 8.13. The Morgan fingerprint density at radius 2 is 2.22 bits per heavy atom. The monoisotopic (exact) mass is 150 g/mol. The van der Waals surface area contributed by atoms with E-state index in [1.807, 2.05) is 0 Å². The standard InChI is InChI=1S/C5H11FN2S/c1-5(2,6)3-9-4(7)8/h3H2,1-2H3,(H3,7,8). The summed E-state index contributed by atoms with van der Waals surface area (Å²) in [7, 11) is 0. The Hall–Kier alpha value is -0.250. The van der Waals surface area contributed by atoms with E-state index in [2.05, 4.69) is 0 Å². The Labute approximate surface area is 58.5 Å². The molecule has 0 aliphatic rings. The summed E-state index contributed by atoms with van der Waals surface area (Å²) in [6.45, 7) is 2.92. The normalized spacial score (nSPS) is 11.4. The average Bonchev–Trinajstić information content (AvgIpc) is 1.59. The molecule has 0 aromatic heterocycles. The van der Waals surface area contributed by atoms with Crippen molar-refractivity contribution in [2.45, 2.75) is 19.5 Å². The number of hydrogen-bond acceptors (Lipinski definition) is 2. The van der Waals surface area contributed by atoms with Gasteiger partial charge in [-0.05, 0) is 13.8 Å². The van der Waals surface area contributed by atoms with Gasteiger partial charge in [-0.15, -0.1) is 0 Å². The van der Waals surface area contributed by atoms with Gasteiger partial charge < -0.3 is 5.73 Å². The third-order valence-corrected chi connectivity index (χ3v) is 1.71. The molecule has 0 unspecified atom stereocenters. The molecule has 0 atom stereocenters. The quantitative estimate of drug-likeness (QED) is 0.461. The van der Waals surface area contributed by atoms with Crippen LogP contribution in [0.25, 0.3) is 0 Å². The topological polar surface area (TPSA) is 49.9 Å². The zero-order valence-electron chi connectivity index (χ0n) is 5.57. The van der Waals surface area contributed by atoms with Crippen LogP contribution in [-0.4, -0.2) is 16.6 Å². The first-order valence-electron chi connectivity index (χ1n) is 2.57. The van der Waals surface area contributed by atoms with Gasteiger partial charge in [-0.3, -0.25) is 5.41 Å². The minimum absolute atomic E-state index is 0.0271. The van der Waals surface area contributed by atoms with Crippen molar-refractivity contribution in [3.8, 4) is 0 Å². The van der Waals surface area contributed by atoms with Crippen LogP contribution in [0.1, 0.15) is 13.8 Å². The summed E-state index contributed by atoms with van der Waals surface area (Å²) in [5.41, 5.74) is 3.75. The van der Waals surface area contributed by atoms with Gasteiger partial charge in [0.05, 0.1) is 0 Å². The van der Waals surface area contributed by atoms with E-state index < -0.39 is 5.67 Å². The Morgan fingerprint density at radius 3 is 2.33 bits per heavy atom. The highest BCUT2D eigenvalue weighted by Gasteiger charge is 2.15. The highest BCUT2D eigenvalue weighted by atomic mass is 32.2. The lowest BCUT2D eigenvalue weighted by Gasteiger charge is -2.11. The van der Waals surface area contributed by atoms with Crippen LogP contribution in [0, 0.1) is 5.41 Å². The fourth-order valence-corrected chi connectivity index (χ4v) is 0.748. The van der Waals surface area contributed by atoms with Crippen molar-refractivity contribution in [3.05, 3.63) is 0 Å². The van der Waals surface area contributed by atoms with Crippen LogP contribution in [0.4, 0.5) is 4.39 Å². The Kier molecular flexibility index (Phi) is 2.97. The lowest BCUT2D eigenvalue weighted by molar-refractivity contribution is 0.253. The summed E-state index contributed by atoms with van der Waals surface area (Å²) >= 11 is 1.02. The molecular formula is C5H11FN2S. The summed E-state index contributed by atoms with van der Waals surface area (Å²) in [5.74, 6) is 0.252. The maximum absolute atomic E-state index is 12.6. The minimum Gasteiger partial charge on any atom is -0.379 e. The third-order valence-electron chi connectivity index (χ3n) is 0.571. The molecule has 3 N–H and O–H groups in total. The molecule has 0 aromatic carbocycles. The molecule has 0 aliphatic carbocycles. The molecule has 0 amide bonds. The van der Waals surface area contributed by atoms with Crippen molar-refractivity contribution in [2.75, 3.05) is 5.75 Å². The first-order chi connectivity index (χ1) is 3.92. The molecule has 0 bridgehead atoms. The number of amidine groups is 1. The summed E-state index contributed by atoms with van der Waals surface area (Å²) in [6, 6.07) is 0. The van der Waals surface area contributed by atoms with Gasteiger partial charge in [0.2, 0.25) is 0 Å². The molecule has 9 heavy (non-hydrogen) atoms. The van der Waals surface area contributed by atoms with Crippen LogP contribution in [0.5, 0.6) is 0 Å². The van der Waals surface area contributed by atoms with E-state index >= 15 is 0 Å². The highest BCUT2D eigenvalue weighted by Crippen LogP contribution is 2.15. The van der Waals surface area contributed by atoms with E-state index in [0.29, 0.717) is 0 Å². The van der Waals surface area contributed by atoms with Crippen LogP contribution >= 0.6 is 11.8 Å². The Bertz CT molecular complexity index is 108. The number of thioether (sulfide) groups is 1. The van der Waals surface area contributed by atoms with Gasteiger partial charge >= 0.3 is 0 Å². The predicted octanol–water partition coefficient (Wildman–Crippen LogP) is 1.36. The van der Waals surface area contributed by atoms with E-state index in [4.69, 9.17) is 11.1 Å². The minimum atomic E-state index is -1.23. The van der Waals surface area contributed by atoms with Gasteiger partial charge in [0.25, 0.3) is 0 Å². The smallest absolute Gasteiger partial charge is 0.151 e. The Balaban J connectivity index is 3.39. The van der Waals surface area contributed by atoms with Crippen LogP contribution < -0.4 is 5.73 Å². The predicted molar refractivity (Wildman–Crippen MR) is 39.6 cm³/mol. The van der Waals surface area contributed by atoms with E-state index in [-0.39, 0.29) is 10.9 Å². The maximum Gasteiger partial charge on any atom is 0.151 e. The number of rotatable bonds is 2. The molecule has 0 fully saturated rings. The summed E-state index contributed by atoms with van der Waals surface area (Å²) in [6.07, 6.45) is 0. The van der Waals surface area contributed by atoms with Crippen molar-refractivity contribution < 1.29 is 4.39 Å². The largest absolute Gasteiger partial charge is 0.379 e. The van der Waals surface area contributed by atoms with E-state index in [9.17, 15) is 4.39 Å². The second-order valence-corrected chi connectivity index (χ2v) is 3.39. The van der Waals surface area contributed by atoms with E-state index in [0.717, 1.165) is 11.8 Å². The van der Waals surface area contributed by atoms with Crippen molar-refractivity contribution in [2.24, 2.45) is 5.73 Å². The third kappa shape index (κ3) is 7.75. The zero-order chi connectivity index (χ0) is 7.49. The molecular weight excluding hydrogens is 139 g/mol. The number of nitrogens with one attached hydrogen (secondary N) is 1. The molecule has 0 radical (unpaired) electrons. The lowest BCUT2D eigenvalue weighted by atomic mass is 10.2. The average molecular weight is 150 g/mol.